The summed E-state index contributed by atoms with van der Waals surface area (Å²) in [6.07, 6.45) is 2.93. The fourth-order valence-electron chi connectivity index (χ4n) is 2.70. The monoisotopic (exact) mass is 295 g/mol. The van der Waals surface area contributed by atoms with Gasteiger partial charge in [-0.2, -0.15) is 0 Å². The minimum absolute atomic E-state index is 0.132. The molecular weight excluding hydrogens is 278 g/mol. The van der Waals surface area contributed by atoms with Crippen molar-refractivity contribution in [3.05, 3.63) is 32.4 Å². The van der Waals surface area contributed by atoms with Crippen LogP contribution >= 0.6 is 0 Å². The van der Waals surface area contributed by atoms with Gasteiger partial charge >= 0.3 is 5.69 Å². The summed E-state index contributed by atoms with van der Waals surface area (Å²) in [5.41, 5.74) is -0.290. The van der Waals surface area contributed by atoms with Gasteiger partial charge in [-0.1, -0.05) is 0 Å². The van der Waals surface area contributed by atoms with Crippen LogP contribution in [0.25, 0.3) is 0 Å². The third-order valence-corrected chi connectivity index (χ3v) is 3.76. The Hall–Kier alpha value is -2.38. The van der Waals surface area contributed by atoms with E-state index in [9.17, 15) is 20.2 Å². The van der Waals surface area contributed by atoms with Gasteiger partial charge in [0.2, 0.25) is 0 Å². The van der Waals surface area contributed by atoms with Crippen molar-refractivity contribution in [3.63, 3.8) is 0 Å². The molecule has 1 aromatic carbocycles. The lowest BCUT2D eigenvalue weighted by molar-refractivity contribution is -0.393. The Kier molecular flexibility index (Phi) is 4.25. The number of hydrogen-bond acceptors (Lipinski definition) is 6. The van der Waals surface area contributed by atoms with Crippen LogP contribution in [-0.2, 0) is 0 Å². The average Bonchev–Trinajstić information content (AvgIpc) is 2.46. The van der Waals surface area contributed by atoms with Crippen molar-refractivity contribution in [3.8, 4) is 5.75 Å². The molecule has 0 aliphatic carbocycles. The number of hydrogen-bond donors (Lipinski definition) is 0. The van der Waals surface area contributed by atoms with E-state index in [0.29, 0.717) is 12.2 Å². The molecule has 2 rings (SSSR count). The highest BCUT2D eigenvalue weighted by atomic mass is 16.6. The minimum atomic E-state index is -0.654. The van der Waals surface area contributed by atoms with Crippen LogP contribution in [0.4, 0.5) is 17.1 Å². The van der Waals surface area contributed by atoms with Crippen molar-refractivity contribution in [2.24, 2.45) is 0 Å². The Labute approximate surface area is 121 Å². The zero-order chi connectivity index (χ0) is 15.6. The number of methoxy groups -OCH3 is 1. The van der Waals surface area contributed by atoms with E-state index in [1.807, 2.05) is 11.8 Å². The first-order valence-electron chi connectivity index (χ1n) is 6.73. The number of nitro benzene ring substituents is 2. The predicted octanol–water partition coefficient (Wildman–Crippen LogP) is 2.89. The molecule has 0 aromatic heterocycles. The third-order valence-electron chi connectivity index (χ3n) is 3.76. The van der Waals surface area contributed by atoms with Crippen LogP contribution in [0.5, 0.6) is 5.75 Å². The summed E-state index contributed by atoms with van der Waals surface area (Å²) in [5.74, 6) is 0.171. The Bertz CT molecular complexity index is 575. The predicted molar refractivity (Wildman–Crippen MR) is 77.0 cm³/mol. The van der Waals surface area contributed by atoms with E-state index in [2.05, 4.69) is 0 Å². The van der Waals surface area contributed by atoms with Gasteiger partial charge in [0.05, 0.1) is 29.1 Å². The maximum atomic E-state index is 11.3. The van der Waals surface area contributed by atoms with E-state index in [0.717, 1.165) is 25.3 Å². The molecule has 0 bridgehead atoms. The van der Waals surface area contributed by atoms with E-state index in [1.54, 1.807) is 0 Å². The molecule has 21 heavy (non-hydrogen) atoms. The molecule has 1 fully saturated rings. The molecule has 1 atom stereocenters. The SMILES string of the molecule is COc1cc([N+](=O)[O-])cc([N+](=O)[O-])c1N1CCCC[C@H]1C. The lowest BCUT2D eigenvalue weighted by Gasteiger charge is -2.35. The highest BCUT2D eigenvalue weighted by Crippen LogP contribution is 2.43. The molecule has 8 nitrogen and oxygen atoms in total. The van der Waals surface area contributed by atoms with E-state index in [-0.39, 0.29) is 23.2 Å². The molecule has 0 radical (unpaired) electrons. The van der Waals surface area contributed by atoms with Gasteiger partial charge in [-0.05, 0) is 26.2 Å². The lowest BCUT2D eigenvalue weighted by atomic mass is 10.0. The maximum absolute atomic E-state index is 11.3. The summed E-state index contributed by atoms with van der Waals surface area (Å²) in [7, 11) is 1.36. The highest BCUT2D eigenvalue weighted by molar-refractivity contribution is 5.75. The van der Waals surface area contributed by atoms with Crippen molar-refractivity contribution in [1.29, 1.82) is 0 Å². The second kappa shape index (κ2) is 5.94. The minimum Gasteiger partial charge on any atom is -0.494 e. The second-order valence-corrected chi connectivity index (χ2v) is 5.07. The molecular formula is C13H17N3O5. The van der Waals surface area contributed by atoms with Crippen LogP contribution in [0.3, 0.4) is 0 Å². The van der Waals surface area contributed by atoms with Crippen LogP contribution in [0.15, 0.2) is 12.1 Å². The van der Waals surface area contributed by atoms with Crippen molar-refractivity contribution in [2.75, 3.05) is 18.6 Å². The largest absolute Gasteiger partial charge is 0.494 e. The lowest BCUT2D eigenvalue weighted by Crippen LogP contribution is -2.38. The molecule has 114 valence electrons. The van der Waals surface area contributed by atoms with Crippen molar-refractivity contribution in [1.82, 2.24) is 0 Å². The Morgan fingerprint density at radius 1 is 1.24 bits per heavy atom. The zero-order valence-electron chi connectivity index (χ0n) is 11.9. The first kappa shape index (κ1) is 15.0. The molecule has 1 aromatic rings. The summed E-state index contributed by atoms with van der Waals surface area (Å²) in [5, 5.41) is 22.2. The molecule has 0 amide bonds. The summed E-state index contributed by atoms with van der Waals surface area (Å²) in [6.45, 7) is 2.67. The van der Waals surface area contributed by atoms with Crippen molar-refractivity contribution in [2.45, 2.75) is 32.2 Å². The van der Waals surface area contributed by atoms with E-state index in [4.69, 9.17) is 4.74 Å². The number of benzene rings is 1. The number of nitrogens with zero attached hydrogens (tertiary/aromatic N) is 3. The molecule has 0 N–H and O–H groups in total. The Balaban J connectivity index is 2.61. The first-order valence-corrected chi connectivity index (χ1v) is 6.73. The molecule has 0 spiro atoms. The van der Waals surface area contributed by atoms with Crippen LogP contribution < -0.4 is 9.64 Å². The number of ether oxygens (including phenoxy) is 1. The normalized spacial score (nSPS) is 18.4. The second-order valence-electron chi connectivity index (χ2n) is 5.07. The third kappa shape index (κ3) is 2.88. The smallest absolute Gasteiger partial charge is 0.303 e. The van der Waals surface area contributed by atoms with Crippen LogP contribution in [0.1, 0.15) is 26.2 Å². The summed E-state index contributed by atoms with van der Waals surface area (Å²) in [6, 6.07) is 2.37. The molecule has 1 aliphatic heterocycles. The quantitative estimate of drug-likeness (QED) is 0.625. The summed E-state index contributed by atoms with van der Waals surface area (Å²) < 4.78 is 5.18. The molecule has 1 aliphatic rings. The van der Waals surface area contributed by atoms with E-state index in [1.165, 1.54) is 13.2 Å². The molecule has 8 heteroatoms. The van der Waals surface area contributed by atoms with Gasteiger partial charge in [0.1, 0.15) is 0 Å². The molecule has 0 saturated carbocycles. The van der Waals surface area contributed by atoms with Crippen molar-refractivity contribution < 1.29 is 14.6 Å². The van der Waals surface area contributed by atoms with Gasteiger partial charge in [-0.15, -0.1) is 0 Å². The summed E-state index contributed by atoms with van der Waals surface area (Å²) >= 11 is 0. The van der Waals surface area contributed by atoms with Gasteiger partial charge in [0.25, 0.3) is 5.69 Å². The maximum Gasteiger partial charge on any atom is 0.303 e. The molecule has 1 saturated heterocycles. The number of rotatable bonds is 4. The molecule has 1 heterocycles. The zero-order valence-corrected chi connectivity index (χ0v) is 11.9. The highest BCUT2D eigenvalue weighted by Gasteiger charge is 2.32. The van der Waals surface area contributed by atoms with Crippen LogP contribution in [0.2, 0.25) is 0 Å². The summed E-state index contributed by atoms with van der Waals surface area (Å²) in [4.78, 5) is 22.9. The number of anilines is 1. The van der Waals surface area contributed by atoms with Gasteiger partial charge in [-0.25, -0.2) is 0 Å². The Morgan fingerprint density at radius 2 is 1.95 bits per heavy atom. The van der Waals surface area contributed by atoms with Crippen LogP contribution in [0, 0.1) is 20.2 Å². The number of piperidine rings is 1. The topological polar surface area (TPSA) is 98.8 Å². The van der Waals surface area contributed by atoms with Gasteiger partial charge in [0.15, 0.2) is 11.4 Å². The van der Waals surface area contributed by atoms with Gasteiger partial charge in [-0.3, -0.25) is 20.2 Å². The fourth-order valence-corrected chi connectivity index (χ4v) is 2.70. The average molecular weight is 295 g/mol. The van der Waals surface area contributed by atoms with E-state index >= 15 is 0 Å². The van der Waals surface area contributed by atoms with Gasteiger partial charge in [0, 0.05) is 12.6 Å². The number of nitro groups is 2. The fraction of sp³-hybridized carbons (Fsp3) is 0.538. The van der Waals surface area contributed by atoms with Crippen LogP contribution in [-0.4, -0.2) is 29.5 Å². The number of non-ortho nitro benzene ring substituents is 1. The van der Waals surface area contributed by atoms with Gasteiger partial charge < -0.3 is 9.64 Å². The van der Waals surface area contributed by atoms with Crippen molar-refractivity contribution >= 4 is 17.1 Å². The Morgan fingerprint density at radius 3 is 2.48 bits per heavy atom. The molecule has 0 unspecified atom stereocenters. The van der Waals surface area contributed by atoms with E-state index < -0.39 is 9.85 Å². The first-order chi connectivity index (χ1) is 9.95. The standard InChI is InChI=1S/C13H17N3O5/c1-9-5-3-4-6-14(9)13-11(16(19)20)7-10(15(17)18)8-12(13)21-2/h7-9H,3-6H2,1-2H3/t9-/m1/s1.